The number of hydrogen-bond acceptors (Lipinski definition) is 5. The van der Waals surface area contributed by atoms with Crippen molar-refractivity contribution in [3.8, 4) is 9.88 Å². The van der Waals surface area contributed by atoms with E-state index in [-0.39, 0.29) is 12.0 Å². The van der Waals surface area contributed by atoms with Gasteiger partial charge in [-0.05, 0) is 34.8 Å². The third-order valence-electron chi connectivity index (χ3n) is 3.03. The summed E-state index contributed by atoms with van der Waals surface area (Å²) in [6.45, 7) is 1.37. The molecule has 1 N–H and O–H groups in total. The Hall–Kier alpha value is -0.760. The van der Waals surface area contributed by atoms with Crippen LogP contribution >= 0.6 is 38.6 Å². The van der Waals surface area contributed by atoms with Crippen molar-refractivity contribution >= 4 is 44.5 Å². The summed E-state index contributed by atoms with van der Waals surface area (Å²) in [6, 6.07) is 2.01. The second-order valence-corrected chi connectivity index (χ2v) is 7.20. The fraction of sp³-hybridized carbons (Fsp3) is 0.385. The maximum absolute atomic E-state index is 12.0. The van der Waals surface area contributed by atoms with E-state index in [1.165, 1.54) is 11.3 Å². The van der Waals surface area contributed by atoms with E-state index in [4.69, 9.17) is 4.74 Å². The normalized spacial score (nSPS) is 18.4. The van der Waals surface area contributed by atoms with Gasteiger partial charge in [-0.15, -0.1) is 22.7 Å². The molecule has 0 unspecified atom stereocenters. The highest BCUT2D eigenvalue weighted by Gasteiger charge is 2.18. The van der Waals surface area contributed by atoms with E-state index >= 15 is 0 Å². The van der Waals surface area contributed by atoms with E-state index in [1.807, 2.05) is 11.4 Å². The topological polar surface area (TPSA) is 51.2 Å². The van der Waals surface area contributed by atoms with Crippen molar-refractivity contribution in [1.82, 2.24) is 10.3 Å². The molecule has 1 amide bonds. The second kappa shape index (κ2) is 6.34. The van der Waals surface area contributed by atoms with Gasteiger partial charge in [0.25, 0.3) is 5.91 Å². The van der Waals surface area contributed by atoms with E-state index in [1.54, 1.807) is 16.7 Å². The Morgan fingerprint density at radius 1 is 1.50 bits per heavy atom. The maximum Gasteiger partial charge on any atom is 0.270 e. The summed E-state index contributed by atoms with van der Waals surface area (Å²) in [5, 5.41) is 7.57. The van der Waals surface area contributed by atoms with Gasteiger partial charge in [-0.2, -0.15) is 0 Å². The summed E-state index contributed by atoms with van der Waals surface area (Å²) in [7, 11) is 0. The molecule has 2 aromatic heterocycles. The highest BCUT2D eigenvalue weighted by Crippen LogP contribution is 2.31. The van der Waals surface area contributed by atoms with Crippen LogP contribution in [0.5, 0.6) is 0 Å². The second-order valence-electron chi connectivity index (χ2n) is 4.51. The molecule has 3 rings (SSSR count). The zero-order valence-corrected chi connectivity index (χ0v) is 13.8. The molecule has 0 aliphatic carbocycles. The van der Waals surface area contributed by atoms with Crippen LogP contribution in [0.15, 0.2) is 21.3 Å². The first-order valence-electron chi connectivity index (χ1n) is 6.32. The number of aromatic nitrogens is 1. The van der Waals surface area contributed by atoms with Crippen molar-refractivity contribution in [2.45, 2.75) is 18.9 Å². The van der Waals surface area contributed by atoms with Crippen LogP contribution in [0.3, 0.4) is 0 Å². The fourth-order valence-corrected chi connectivity index (χ4v) is 4.33. The van der Waals surface area contributed by atoms with E-state index in [9.17, 15) is 4.79 Å². The number of nitrogens with one attached hydrogen (secondary N) is 1. The first-order chi connectivity index (χ1) is 9.72. The number of rotatable bonds is 4. The summed E-state index contributed by atoms with van der Waals surface area (Å²) in [5.41, 5.74) is 0.479. The third kappa shape index (κ3) is 3.28. The average Bonchev–Trinajstić information content (AvgIpc) is 3.16. The molecular weight excluding hydrogens is 360 g/mol. The van der Waals surface area contributed by atoms with Crippen molar-refractivity contribution in [3.05, 3.63) is 27.0 Å². The summed E-state index contributed by atoms with van der Waals surface area (Å²) in [5.74, 6) is -0.126. The van der Waals surface area contributed by atoms with Crippen LogP contribution in [0.4, 0.5) is 0 Å². The van der Waals surface area contributed by atoms with Gasteiger partial charge >= 0.3 is 0 Å². The molecule has 106 valence electrons. The zero-order chi connectivity index (χ0) is 13.9. The van der Waals surface area contributed by atoms with E-state index < -0.39 is 0 Å². The minimum absolute atomic E-state index is 0.126. The lowest BCUT2D eigenvalue weighted by Crippen LogP contribution is -2.31. The first kappa shape index (κ1) is 14.2. The first-order valence-corrected chi connectivity index (χ1v) is 8.87. The molecule has 1 aliphatic rings. The van der Waals surface area contributed by atoms with Gasteiger partial charge in [0.15, 0.2) is 0 Å². The van der Waals surface area contributed by atoms with Gasteiger partial charge in [-0.1, -0.05) is 0 Å². The van der Waals surface area contributed by atoms with Gasteiger partial charge < -0.3 is 10.1 Å². The predicted molar refractivity (Wildman–Crippen MR) is 84.4 cm³/mol. The molecule has 0 bridgehead atoms. The van der Waals surface area contributed by atoms with Gasteiger partial charge in [-0.25, -0.2) is 4.98 Å². The van der Waals surface area contributed by atoms with E-state index in [2.05, 4.69) is 26.2 Å². The SMILES string of the molecule is O=C(NC[C@H]1CCCO1)c1csc(-c2cc(Br)cs2)n1. The molecule has 7 heteroatoms. The summed E-state index contributed by atoms with van der Waals surface area (Å²) in [4.78, 5) is 17.5. The summed E-state index contributed by atoms with van der Waals surface area (Å²) in [6.07, 6.45) is 2.26. The highest BCUT2D eigenvalue weighted by molar-refractivity contribution is 9.10. The standard InChI is InChI=1S/C13H13BrN2O2S2/c14-8-4-11(19-6-8)13-16-10(7-20-13)12(17)15-5-9-2-1-3-18-9/h4,6-7,9H,1-3,5H2,(H,15,17)/t9-/m1/s1. The van der Waals surface area contributed by atoms with Gasteiger partial charge in [0, 0.05) is 28.4 Å². The van der Waals surface area contributed by atoms with Crippen molar-refractivity contribution in [1.29, 1.82) is 0 Å². The van der Waals surface area contributed by atoms with Crippen LogP contribution in [0, 0.1) is 0 Å². The lowest BCUT2D eigenvalue weighted by Gasteiger charge is -2.09. The van der Waals surface area contributed by atoms with E-state index in [0.717, 1.165) is 33.8 Å². The molecule has 0 spiro atoms. The molecule has 0 aromatic carbocycles. The van der Waals surface area contributed by atoms with Crippen LogP contribution in [0.25, 0.3) is 9.88 Å². The molecule has 1 fully saturated rings. The Balaban J connectivity index is 1.62. The monoisotopic (exact) mass is 372 g/mol. The molecular formula is C13H13BrN2O2S2. The van der Waals surface area contributed by atoms with Crippen LogP contribution in [-0.2, 0) is 4.74 Å². The average molecular weight is 373 g/mol. The zero-order valence-electron chi connectivity index (χ0n) is 10.6. The maximum atomic E-state index is 12.0. The van der Waals surface area contributed by atoms with Gasteiger partial charge in [0.05, 0.1) is 11.0 Å². The van der Waals surface area contributed by atoms with Crippen LogP contribution in [-0.4, -0.2) is 30.1 Å². The minimum atomic E-state index is -0.126. The summed E-state index contributed by atoms with van der Waals surface area (Å²) >= 11 is 6.52. The number of thiazole rings is 1. The Bertz CT molecular complexity index is 605. The molecule has 2 aromatic rings. The van der Waals surface area contributed by atoms with E-state index in [0.29, 0.717) is 12.2 Å². The molecule has 1 atom stereocenters. The smallest absolute Gasteiger partial charge is 0.270 e. The van der Waals surface area contributed by atoms with Crippen molar-refractivity contribution in [2.24, 2.45) is 0 Å². The summed E-state index contributed by atoms with van der Waals surface area (Å²) < 4.78 is 6.52. The Kier molecular flexibility index (Phi) is 4.50. The number of carbonyl (C=O) groups is 1. The Labute approximate surface area is 133 Å². The van der Waals surface area contributed by atoms with Gasteiger partial charge in [0.2, 0.25) is 0 Å². The number of ether oxygens (including phenoxy) is 1. The molecule has 4 nitrogen and oxygen atoms in total. The number of carbonyl (C=O) groups excluding carboxylic acids is 1. The van der Waals surface area contributed by atoms with Crippen molar-refractivity contribution in [2.75, 3.05) is 13.2 Å². The number of amides is 1. The predicted octanol–water partition coefficient (Wildman–Crippen LogP) is 3.54. The Morgan fingerprint density at radius 2 is 2.40 bits per heavy atom. The van der Waals surface area contributed by atoms with Crippen molar-refractivity contribution in [3.63, 3.8) is 0 Å². The van der Waals surface area contributed by atoms with Crippen LogP contribution < -0.4 is 5.32 Å². The lowest BCUT2D eigenvalue weighted by molar-refractivity contribution is 0.0854. The van der Waals surface area contributed by atoms with Crippen LogP contribution in [0.1, 0.15) is 23.3 Å². The number of hydrogen-bond donors (Lipinski definition) is 1. The highest BCUT2D eigenvalue weighted by atomic mass is 79.9. The number of halogens is 1. The van der Waals surface area contributed by atoms with Crippen LogP contribution in [0.2, 0.25) is 0 Å². The largest absolute Gasteiger partial charge is 0.376 e. The molecule has 1 aliphatic heterocycles. The fourth-order valence-electron chi connectivity index (χ4n) is 2.02. The molecule has 1 saturated heterocycles. The molecule has 0 radical (unpaired) electrons. The molecule has 0 saturated carbocycles. The minimum Gasteiger partial charge on any atom is -0.376 e. The third-order valence-corrected chi connectivity index (χ3v) is 5.73. The lowest BCUT2D eigenvalue weighted by atomic mass is 10.2. The molecule has 3 heterocycles. The van der Waals surface area contributed by atoms with Gasteiger partial charge in [-0.3, -0.25) is 4.79 Å². The number of thiophene rings is 1. The Morgan fingerprint density at radius 3 is 3.10 bits per heavy atom. The quantitative estimate of drug-likeness (QED) is 0.892. The van der Waals surface area contributed by atoms with Gasteiger partial charge in [0.1, 0.15) is 10.7 Å². The molecule has 20 heavy (non-hydrogen) atoms. The van der Waals surface area contributed by atoms with Crippen molar-refractivity contribution < 1.29 is 9.53 Å². The number of nitrogens with zero attached hydrogens (tertiary/aromatic N) is 1.